The lowest BCUT2D eigenvalue weighted by molar-refractivity contribution is 0.723. The van der Waals surface area contributed by atoms with Crippen molar-refractivity contribution in [2.24, 2.45) is 0 Å². The Balaban J connectivity index is 1.08. The van der Waals surface area contributed by atoms with Crippen LogP contribution in [0.1, 0.15) is 22.3 Å². The molecule has 8 aromatic carbocycles. The Morgan fingerprint density at radius 3 is 1.74 bits per heavy atom. The zero-order chi connectivity index (χ0) is 37.5. The molecule has 0 atom stereocenters. The summed E-state index contributed by atoms with van der Waals surface area (Å²) in [6, 6.07) is 70.6. The molecule has 10 aromatic rings. The van der Waals surface area contributed by atoms with Gasteiger partial charge in [0.1, 0.15) is 0 Å². The van der Waals surface area contributed by atoms with Crippen molar-refractivity contribution in [1.29, 1.82) is 0 Å². The highest BCUT2D eigenvalue weighted by Crippen LogP contribution is 2.63. The van der Waals surface area contributed by atoms with Crippen molar-refractivity contribution in [2.45, 2.75) is 15.2 Å². The van der Waals surface area contributed by atoms with E-state index in [0.29, 0.717) is 5.82 Å². The average Bonchev–Trinajstić information content (AvgIpc) is 3.80. The molecule has 266 valence electrons. The fraction of sp³-hybridized carbons (Fsp3) is 0.0189. The van der Waals surface area contributed by atoms with Gasteiger partial charge in [-0.15, -0.1) is 11.3 Å². The van der Waals surface area contributed by atoms with Crippen molar-refractivity contribution in [3.63, 3.8) is 0 Å². The first kappa shape index (κ1) is 32.6. The Kier molecular flexibility index (Phi) is 7.28. The topological polar surface area (TPSA) is 25.8 Å². The third kappa shape index (κ3) is 4.84. The molecular weight excluding hydrogens is 729 g/mol. The average molecular weight is 761 g/mol. The molecule has 3 heterocycles. The third-order valence-electron chi connectivity index (χ3n) is 11.8. The predicted octanol–water partition coefficient (Wildman–Crippen LogP) is 14.3. The highest BCUT2D eigenvalue weighted by molar-refractivity contribution is 7.99. The van der Waals surface area contributed by atoms with Crippen LogP contribution in [0.2, 0.25) is 0 Å². The summed E-state index contributed by atoms with van der Waals surface area (Å²) in [5.74, 6) is 0.712. The van der Waals surface area contributed by atoms with E-state index >= 15 is 0 Å². The molecule has 1 aliphatic heterocycles. The second kappa shape index (κ2) is 12.7. The standard InChI is InChI=1S/C53H32N2S2/c1-2-15-33(16-3-1)46-32-47(34-29-30-39-38-20-8-12-27-48(38)56-50(39)31-34)55-52(54-46)41-21-5-4-17-35(41)40-22-14-26-45-51(40)57-49-28-13-11-25-44(49)53(45)42-23-9-6-18-36(42)37-19-7-10-24-43(37)53/h1-32H. The Hall–Kier alpha value is -6.59. The molecule has 0 unspecified atom stereocenters. The maximum atomic E-state index is 5.41. The lowest BCUT2D eigenvalue weighted by atomic mass is 9.67. The van der Waals surface area contributed by atoms with Gasteiger partial charge >= 0.3 is 0 Å². The van der Waals surface area contributed by atoms with Crippen molar-refractivity contribution < 1.29 is 0 Å². The van der Waals surface area contributed by atoms with Crippen molar-refractivity contribution in [3.05, 3.63) is 216 Å². The van der Waals surface area contributed by atoms with Gasteiger partial charge in [0.2, 0.25) is 0 Å². The summed E-state index contributed by atoms with van der Waals surface area (Å²) in [5, 5.41) is 2.57. The molecule has 4 heteroatoms. The first-order valence-electron chi connectivity index (χ1n) is 19.3. The monoisotopic (exact) mass is 760 g/mol. The second-order valence-corrected chi connectivity index (χ2v) is 16.9. The van der Waals surface area contributed by atoms with Crippen LogP contribution >= 0.6 is 23.1 Å². The van der Waals surface area contributed by atoms with Gasteiger partial charge < -0.3 is 0 Å². The molecule has 1 spiro atoms. The molecule has 0 amide bonds. The molecule has 57 heavy (non-hydrogen) atoms. The SMILES string of the molecule is c1ccc(-c2cc(-c3ccc4c(c3)sc3ccccc34)nc(-c3ccccc3-c3cccc4c3Sc3ccccc3C43c4ccccc4-c4ccccc43)n2)cc1. The van der Waals surface area contributed by atoms with Crippen LogP contribution in [0.15, 0.2) is 204 Å². The molecule has 1 aliphatic carbocycles. The molecule has 12 rings (SSSR count). The third-order valence-corrected chi connectivity index (χ3v) is 14.2. The summed E-state index contributed by atoms with van der Waals surface area (Å²) in [6.07, 6.45) is 0. The maximum Gasteiger partial charge on any atom is 0.161 e. The molecular formula is C53H32N2S2. The van der Waals surface area contributed by atoms with Gasteiger partial charge in [-0.05, 0) is 68.8 Å². The molecule has 2 aliphatic rings. The van der Waals surface area contributed by atoms with E-state index in [1.54, 1.807) is 0 Å². The molecule has 0 bridgehead atoms. The first-order chi connectivity index (χ1) is 28.3. The highest BCUT2D eigenvalue weighted by Gasteiger charge is 2.50. The molecule has 0 fully saturated rings. The van der Waals surface area contributed by atoms with E-state index in [4.69, 9.17) is 9.97 Å². The van der Waals surface area contributed by atoms with Crippen LogP contribution in [0.5, 0.6) is 0 Å². The lowest BCUT2D eigenvalue weighted by Crippen LogP contribution is -2.32. The largest absolute Gasteiger partial charge is 0.228 e. The molecule has 0 saturated carbocycles. The quantitative estimate of drug-likeness (QED) is 0.179. The Morgan fingerprint density at radius 1 is 0.368 bits per heavy atom. The maximum absolute atomic E-state index is 5.41. The van der Waals surface area contributed by atoms with Crippen molar-refractivity contribution in [2.75, 3.05) is 0 Å². The molecule has 0 saturated heterocycles. The number of hydrogen-bond acceptors (Lipinski definition) is 4. The minimum atomic E-state index is -0.447. The predicted molar refractivity (Wildman–Crippen MR) is 238 cm³/mol. The van der Waals surface area contributed by atoms with E-state index in [1.807, 2.05) is 23.1 Å². The van der Waals surface area contributed by atoms with Crippen LogP contribution < -0.4 is 0 Å². The van der Waals surface area contributed by atoms with E-state index in [1.165, 1.54) is 68.9 Å². The van der Waals surface area contributed by atoms with Gasteiger partial charge in [-0.2, -0.15) is 0 Å². The van der Waals surface area contributed by atoms with Gasteiger partial charge in [0.15, 0.2) is 5.82 Å². The smallest absolute Gasteiger partial charge is 0.161 e. The Labute approximate surface area is 339 Å². The zero-order valence-corrected chi connectivity index (χ0v) is 32.3. The lowest BCUT2D eigenvalue weighted by Gasteiger charge is -2.40. The minimum Gasteiger partial charge on any atom is -0.228 e. The molecule has 2 aromatic heterocycles. The molecule has 0 N–H and O–H groups in total. The zero-order valence-electron chi connectivity index (χ0n) is 30.7. The van der Waals surface area contributed by atoms with Gasteiger partial charge in [0.25, 0.3) is 0 Å². The summed E-state index contributed by atoms with van der Waals surface area (Å²) in [5.41, 5.74) is 14.8. The van der Waals surface area contributed by atoms with Crippen LogP contribution in [0.3, 0.4) is 0 Å². The van der Waals surface area contributed by atoms with Gasteiger partial charge in [0.05, 0.1) is 16.8 Å². The fourth-order valence-corrected chi connectivity index (χ4v) is 11.8. The van der Waals surface area contributed by atoms with E-state index in [2.05, 4.69) is 194 Å². The minimum absolute atomic E-state index is 0.447. The van der Waals surface area contributed by atoms with Crippen LogP contribution in [-0.4, -0.2) is 9.97 Å². The van der Waals surface area contributed by atoms with Crippen molar-refractivity contribution in [3.8, 4) is 56.2 Å². The van der Waals surface area contributed by atoms with E-state index in [-0.39, 0.29) is 0 Å². The van der Waals surface area contributed by atoms with E-state index in [9.17, 15) is 0 Å². The number of fused-ring (bicyclic) bond motifs is 12. The van der Waals surface area contributed by atoms with Gasteiger partial charge in [-0.3, -0.25) is 0 Å². The van der Waals surface area contributed by atoms with E-state index < -0.39 is 5.41 Å². The molecule has 0 radical (unpaired) electrons. The van der Waals surface area contributed by atoms with Crippen LogP contribution in [0, 0.1) is 0 Å². The summed E-state index contributed by atoms with van der Waals surface area (Å²) in [4.78, 5) is 13.3. The van der Waals surface area contributed by atoms with Crippen LogP contribution in [0.4, 0.5) is 0 Å². The number of benzene rings is 8. The Bertz CT molecular complexity index is 3190. The normalized spacial score (nSPS) is 13.3. The van der Waals surface area contributed by atoms with Crippen molar-refractivity contribution in [1.82, 2.24) is 9.97 Å². The van der Waals surface area contributed by atoms with Crippen molar-refractivity contribution >= 4 is 43.3 Å². The van der Waals surface area contributed by atoms with Crippen LogP contribution in [-0.2, 0) is 5.41 Å². The first-order valence-corrected chi connectivity index (χ1v) is 21.0. The van der Waals surface area contributed by atoms with E-state index in [0.717, 1.165) is 33.6 Å². The summed E-state index contributed by atoms with van der Waals surface area (Å²) < 4.78 is 2.55. The van der Waals surface area contributed by atoms with Crippen LogP contribution in [0.25, 0.3) is 76.3 Å². The summed E-state index contributed by atoms with van der Waals surface area (Å²) >= 11 is 3.71. The Morgan fingerprint density at radius 2 is 0.947 bits per heavy atom. The van der Waals surface area contributed by atoms with Gasteiger partial charge in [-0.25, -0.2) is 9.97 Å². The number of thiophene rings is 1. The van der Waals surface area contributed by atoms with Gasteiger partial charge in [-0.1, -0.05) is 182 Å². The molecule has 2 nitrogen and oxygen atoms in total. The van der Waals surface area contributed by atoms with Gasteiger partial charge in [0, 0.05) is 46.7 Å². The summed E-state index contributed by atoms with van der Waals surface area (Å²) in [6.45, 7) is 0. The second-order valence-electron chi connectivity index (χ2n) is 14.8. The highest BCUT2D eigenvalue weighted by atomic mass is 32.2. The number of aromatic nitrogens is 2. The number of rotatable bonds is 4. The number of hydrogen-bond donors (Lipinski definition) is 0. The summed E-state index contributed by atoms with van der Waals surface area (Å²) in [7, 11) is 0. The fourth-order valence-electron chi connectivity index (χ4n) is 9.36. The number of nitrogens with zero attached hydrogens (tertiary/aromatic N) is 2.